The highest BCUT2D eigenvalue weighted by molar-refractivity contribution is 9.10. The molecule has 0 saturated carbocycles. The van der Waals surface area contributed by atoms with Gasteiger partial charge in [0, 0.05) is 12.5 Å². The lowest BCUT2D eigenvalue weighted by Gasteiger charge is -2.01. The van der Waals surface area contributed by atoms with Gasteiger partial charge in [-0.3, -0.25) is 0 Å². The summed E-state index contributed by atoms with van der Waals surface area (Å²) < 4.78 is 1.73. The zero-order chi connectivity index (χ0) is 12.3. The molecular weight excluding hydrogens is 320 g/mol. The van der Waals surface area contributed by atoms with Crippen LogP contribution in [0, 0.1) is 6.92 Å². The van der Waals surface area contributed by atoms with Crippen LogP contribution in [0.5, 0.6) is 0 Å². The van der Waals surface area contributed by atoms with E-state index in [1.54, 1.807) is 11.3 Å². The Morgan fingerprint density at radius 2 is 2.18 bits per heavy atom. The van der Waals surface area contributed by atoms with Gasteiger partial charge < -0.3 is 0 Å². The first-order valence-electron chi connectivity index (χ1n) is 5.19. The molecule has 0 aliphatic heterocycles. The van der Waals surface area contributed by atoms with Crippen molar-refractivity contribution >= 4 is 39.0 Å². The molecule has 2 aromatic rings. The standard InChI is InChI=1S/C10H11BrN4S2/c1-3-4-8-12-7(11)5-9(13-8)17-10-15-14-6(2)16-10/h5H,3-4H2,1-2H3. The van der Waals surface area contributed by atoms with E-state index in [1.165, 1.54) is 11.8 Å². The molecule has 4 nitrogen and oxygen atoms in total. The van der Waals surface area contributed by atoms with E-state index in [2.05, 4.69) is 43.0 Å². The van der Waals surface area contributed by atoms with E-state index in [9.17, 15) is 0 Å². The minimum atomic E-state index is 0.819. The quantitative estimate of drug-likeness (QED) is 0.803. The van der Waals surface area contributed by atoms with Crippen molar-refractivity contribution in [3.05, 3.63) is 21.5 Å². The largest absolute Gasteiger partial charge is 0.226 e. The van der Waals surface area contributed by atoms with Crippen molar-refractivity contribution in [2.75, 3.05) is 0 Å². The number of hydrogen-bond donors (Lipinski definition) is 0. The molecule has 0 aliphatic carbocycles. The molecule has 0 saturated heterocycles. The van der Waals surface area contributed by atoms with Crippen LogP contribution in [0.3, 0.4) is 0 Å². The topological polar surface area (TPSA) is 51.6 Å². The van der Waals surface area contributed by atoms with Gasteiger partial charge in [-0.15, -0.1) is 10.2 Å². The molecule has 0 aromatic carbocycles. The molecule has 17 heavy (non-hydrogen) atoms. The Labute approximate surface area is 116 Å². The van der Waals surface area contributed by atoms with Gasteiger partial charge in [0.15, 0.2) is 4.34 Å². The number of nitrogens with zero attached hydrogens (tertiary/aromatic N) is 4. The van der Waals surface area contributed by atoms with Gasteiger partial charge in [-0.1, -0.05) is 18.3 Å². The molecule has 0 radical (unpaired) electrons. The summed E-state index contributed by atoms with van der Waals surface area (Å²) in [5, 5.41) is 9.93. The summed E-state index contributed by atoms with van der Waals surface area (Å²) in [6.45, 7) is 4.06. The van der Waals surface area contributed by atoms with Crippen molar-refractivity contribution < 1.29 is 0 Å². The Bertz CT molecular complexity index is 515. The van der Waals surface area contributed by atoms with Crippen LogP contribution < -0.4 is 0 Å². The van der Waals surface area contributed by atoms with Crippen molar-refractivity contribution in [3.8, 4) is 0 Å². The van der Waals surface area contributed by atoms with Crippen LogP contribution in [0.1, 0.15) is 24.2 Å². The maximum absolute atomic E-state index is 4.49. The number of rotatable bonds is 4. The van der Waals surface area contributed by atoms with Crippen molar-refractivity contribution in [2.24, 2.45) is 0 Å². The first-order valence-corrected chi connectivity index (χ1v) is 7.61. The van der Waals surface area contributed by atoms with E-state index in [4.69, 9.17) is 0 Å². The molecule has 2 aromatic heterocycles. The van der Waals surface area contributed by atoms with Crippen molar-refractivity contribution in [1.29, 1.82) is 0 Å². The molecular formula is C10H11BrN4S2. The van der Waals surface area contributed by atoms with Gasteiger partial charge in [0.05, 0.1) is 0 Å². The molecule has 90 valence electrons. The number of halogens is 1. The minimum absolute atomic E-state index is 0.819. The molecule has 0 amide bonds. The molecule has 0 fully saturated rings. The number of hydrogen-bond acceptors (Lipinski definition) is 6. The SMILES string of the molecule is CCCc1nc(Br)cc(Sc2nnc(C)s2)n1. The normalized spacial score (nSPS) is 10.8. The molecule has 0 bridgehead atoms. The Kier molecular flexibility index (Phi) is 4.47. The minimum Gasteiger partial charge on any atom is -0.226 e. The van der Waals surface area contributed by atoms with Crippen LogP contribution in [-0.2, 0) is 6.42 Å². The van der Waals surface area contributed by atoms with Gasteiger partial charge >= 0.3 is 0 Å². The lowest BCUT2D eigenvalue weighted by Crippen LogP contribution is -1.96. The number of aromatic nitrogens is 4. The highest BCUT2D eigenvalue weighted by Gasteiger charge is 2.07. The Hall–Kier alpha value is -0.530. The summed E-state index contributed by atoms with van der Waals surface area (Å²) in [5.74, 6) is 0.866. The fourth-order valence-corrected chi connectivity index (χ4v) is 3.59. The molecule has 2 rings (SSSR count). The second kappa shape index (κ2) is 5.88. The van der Waals surface area contributed by atoms with Crippen LogP contribution in [-0.4, -0.2) is 20.2 Å². The van der Waals surface area contributed by atoms with Crippen LogP contribution in [0.25, 0.3) is 0 Å². The highest BCUT2D eigenvalue weighted by Crippen LogP contribution is 2.29. The van der Waals surface area contributed by atoms with Crippen molar-refractivity contribution in [1.82, 2.24) is 20.2 Å². The maximum atomic E-state index is 4.49. The van der Waals surface area contributed by atoms with E-state index in [-0.39, 0.29) is 0 Å². The Morgan fingerprint density at radius 1 is 1.35 bits per heavy atom. The Morgan fingerprint density at radius 3 is 2.82 bits per heavy atom. The molecule has 0 spiro atoms. The monoisotopic (exact) mass is 330 g/mol. The summed E-state index contributed by atoms with van der Waals surface area (Å²) >= 11 is 6.50. The lowest BCUT2D eigenvalue weighted by molar-refractivity contribution is 0.802. The smallest absolute Gasteiger partial charge is 0.180 e. The second-order valence-electron chi connectivity index (χ2n) is 3.38. The maximum Gasteiger partial charge on any atom is 0.180 e. The van der Waals surface area contributed by atoms with Crippen LogP contribution >= 0.6 is 39.0 Å². The van der Waals surface area contributed by atoms with Gasteiger partial charge in [0.2, 0.25) is 0 Å². The summed E-state index contributed by atoms with van der Waals surface area (Å²) in [4.78, 5) is 8.82. The van der Waals surface area contributed by atoms with Crippen LogP contribution in [0.2, 0.25) is 0 Å². The van der Waals surface area contributed by atoms with Crippen molar-refractivity contribution in [3.63, 3.8) is 0 Å². The fourth-order valence-electron chi connectivity index (χ4n) is 1.24. The lowest BCUT2D eigenvalue weighted by atomic mass is 10.3. The first kappa shape index (κ1) is 12.9. The molecule has 7 heteroatoms. The average Bonchev–Trinajstić information content (AvgIpc) is 2.63. The molecule has 0 atom stereocenters. The summed E-state index contributed by atoms with van der Waals surface area (Å²) in [6, 6.07) is 1.90. The van der Waals surface area contributed by atoms with Gasteiger partial charge in [-0.2, -0.15) is 0 Å². The zero-order valence-corrected chi connectivity index (χ0v) is 12.7. The molecule has 0 aliphatic rings. The van der Waals surface area contributed by atoms with Gasteiger partial charge in [-0.05, 0) is 41.0 Å². The molecule has 2 heterocycles. The van der Waals surface area contributed by atoms with E-state index in [0.29, 0.717) is 0 Å². The average molecular weight is 331 g/mol. The fraction of sp³-hybridized carbons (Fsp3) is 0.400. The number of aryl methyl sites for hydroxylation is 2. The summed E-state index contributed by atoms with van der Waals surface area (Å²) in [7, 11) is 0. The summed E-state index contributed by atoms with van der Waals surface area (Å²) in [5.41, 5.74) is 0. The predicted molar refractivity (Wildman–Crippen MR) is 72.5 cm³/mol. The van der Waals surface area contributed by atoms with Gasteiger partial charge in [0.1, 0.15) is 20.5 Å². The highest BCUT2D eigenvalue weighted by atomic mass is 79.9. The van der Waals surface area contributed by atoms with E-state index in [0.717, 1.165) is 37.6 Å². The van der Waals surface area contributed by atoms with Crippen molar-refractivity contribution in [2.45, 2.75) is 36.1 Å². The Balaban J connectivity index is 2.20. The van der Waals surface area contributed by atoms with E-state index in [1.807, 2.05) is 13.0 Å². The van der Waals surface area contributed by atoms with Gasteiger partial charge in [-0.25, -0.2) is 9.97 Å². The zero-order valence-electron chi connectivity index (χ0n) is 9.47. The third kappa shape index (κ3) is 3.72. The van der Waals surface area contributed by atoms with E-state index >= 15 is 0 Å². The molecule has 0 unspecified atom stereocenters. The third-order valence-corrected chi connectivity index (χ3v) is 4.10. The van der Waals surface area contributed by atoms with E-state index < -0.39 is 0 Å². The van der Waals surface area contributed by atoms with Crippen LogP contribution in [0.4, 0.5) is 0 Å². The first-order chi connectivity index (χ1) is 8.17. The predicted octanol–water partition coefficient (Wildman–Crippen LogP) is 3.50. The summed E-state index contributed by atoms with van der Waals surface area (Å²) in [6.07, 6.45) is 1.93. The van der Waals surface area contributed by atoms with Gasteiger partial charge in [0.25, 0.3) is 0 Å². The van der Waals surface area contributed by atoms with Crippen LogP contribution in [0.15, 0.2) is 20.0 Å². The molecule has 0 N–H and O–H groups in total. The third-order valence-electron chi connectivity index (χ3n) is 1.89. The second-order valence-corrected chi connectivity index (χ2v) is 6.65.